The number of aromatic nitrogens is 2. The van der Waals surface area contributed by atoms with E-state index in [4.69, 9.17) is 5.73 Å². The topological polar surface area (TPSA) is 89.1 Å². The SMILES string of the molecule is Nc1nc2cc(-c3cccnc3)cc(C(=O)O)c2s1. The Kier molecular flexibility index (Phi) is 2.64. The Balaban J connectivity index is 2.30. The molecule has 0 aliphatic carbocycles. The molecule has 94 valence electrons. The smallest absolute Gasteiger partial charge is 0.337 e. The summed E-state index contributed by atoms with van der Waals surface area (Å²) in [6.45, 7) is 0. The number of nitrogens with zero attached hydrogens (tertiary/aromatic N) is 2. The van der Waals surface area contributed by atoms with E-state index < -0.39 is 5.97 Å². The van der Waals surface area contributed by atoms with Crippen LogP contribution < -0.4 is 5.73 Å². The van der Waals surface area contributed by atoms with Gasteiger partial charge in [0, 0.05) is 18.0 Å². The molecule has 1 aromatic carbocycles. The van der Waals surface area contributed by atoms with Gasteiger partial charge in [-0.3, -0.25) is 4.98 Å². The molecule has 0 saturated heterocycles. The van der Waals surface area contributed by atoms with Gasteiger partial charge in [-0.15, -0.1) is 0 Å². The molecule has 2 aromatic heterocycles. The molecule has 0 atom stereocenters. The number of rotatable bonds is 2. The first-order chi connectivity index (χ1) is 9.15. The Hall–Kier alpha value is -2.47. The van der Waals surface area contributed by atoms with Crippen molar-refractivity contribution in [2.75, 3.05) is 5.73 Å². The lowest BCUT2D eigenvalue weighted by Gasteiger charge is -2.03. The van der Waals surface area contributed by atoms with Crippen molar-refractivity contribution in [1.29, 1.82) is 0 Å². The van der Waals surface area contributed by atoms with Gasteiger partial charge in [0.25, 0.3) is 0 Å². The molecule has 19 heavy (non-hydrogen) atoms. The van der Waals surface area contributed by atoms with E-state index in [9.17, 15) is 9.90 Å². The summed E-state index contributed by atoms with van der Waals surface area (Å²) in [6.07, 6.45) is 3.35. The van der Waals surface area contributed by atoms with Crippen LogP contribution in [0.2, 0.25) is 0 Å². The Morgan fingerprint density at radius 3 is 2.84 bits per heavy atom. The maximum Gasteiger partial charge on any atom is 0.337 e. The van der Waals surface area contributed by atoms with Gasteiger partial charge in [-0.05, 0) is 23.8 Å². The molecule has 0 radical (unpaired) electrons. The van der Waals surface area contributed by atoms with Crippen LogP contribution in [-0.2, 0) is 0 Å². The molecule has 0 aliphatic rings. The van der Waals surface area contributed by atoms with Crippen LogP contribution >= 0.6 is 11.3 Å². The van der Waals surface area contributed by atoms with Crippen molar-refractivity contribution in [3.05, 3.63) is 42.2 Å². The Morgan fingerprint density at radius 1 is 1.32 bits per heavy atom. The van der Waals surface area contributed by atoms with Crippen molar-refractivity contribution >= 4 is 32.7 Å². The molecule has 5 nitrogen and oxygen atoms in total. The average molecular weight is 271 g/mol. The van der Waals surface area contributed by atoms with E-state index in [1.807, 2.05) is 12.1 Å². The minimum absolute atomic E-state index is 0.213. The number of carboxylic acid groups (broad SMARTS) is 1. The van der Waals surface area contributed by atoms with Crippen molar-refractivity contribution in [3.8, 4) is 11.1 Å². The Labute approximate surface area is 112 Å². The molecule has 2 heterocycles. The first kappa shape index (κ1) is 11.6. The number of hydrogen-bond acceptors (Lipinski definition) is 5. The molecule has 0 aliphatic heterocycles. The third-order valence-corrected chi connectivity index (χ3v) is 3.67. The summed E-state index contributed by atoms with van der Waals surface area (Å²) in [4.78, 5) is 19.5. The molecular formula is C13H9N3O2S. The number of anilines is 1. The molecule has 3 rings (SSSR count). The second-order valence-electron chi connectivity index (χ2n) is 3.97. The fraction of sp³-hybridized carbons (Fsp3) is 0. The lowest BCUT2D eigenvalue weighted by atomic mass is 10.0. The number of nitrogens with two attached hydrogens (primary N) is 1. The van der Waals surface area contributed by atoms with Crippen LogP contribution in [0.25, 0.3) is 21.3 Å². The molecule has 0 amide bonds. The molecule has 0 fully saturated rings. The summed E-state index contributed by atoms with van der Waals surface area (Å²) in [5.41, 5.74) is 8.08. The molecular weight excluding hydrogens is 262 g/mol. The van der Waals surface area contributed by atoms with Crippen LogP contribution in [0.15, 0.2) is 36.7 Å². The average Bonchev–Trinajstić information content (AvgIpc) is 2.78. The first-order valence-corrected chi connectivity index (χ1v) is 6.30. The van der Waals surface area contributed by atoms with Gasteiger partial charge in [0.1, 0.15) is 0 Å². The predicted octanol–water partition coefficient (Wildman–Crippen LogP) is 2.64. The first-order valence-electron chi connectivity index (χ1n) is 5.49. The summed E-state index contributed by atoms with van der Waals surface area (Å²) in [5, 5.41) is 9.65. The number of aromatic carboxylic acids is 1. The van der Waals surface area contributed by atoms with Crippen LogP contribution in [0.4, 0.5) is 5.13 Å². The maximum absolute atomic E-state index is 11.3. The zero-order valence-corrected chi connectivity index (χ0v) is 10.5. The van der Waals surface area contributed by atoms with Crippen molar-refractivity contribution in [3.63, 3.8) is 0 Å². The molecule has 3 N–H and O–H groups in total. The van der Waals surface area contributed by atoms with Gasteiger partial charge in [-0.2, -0.15) is 0 Å². The van der Waals surface area contributed by atoms with Gasteiger partial charge in [-0.25, -0.2) is 9.78 Å². The van der Waals surface area contributed by atoms with Crippen LogP contribution in [0.1, 0.15) is 10.4 Å². The maximum atomic E-state index is 11.3. The van der Waals surface area contributed by atoms with Gasteiger partial charge in [0.05, 0.1) is 15.8 Å². The minimum Gasteiger partial charge on any atom is -0.478 e. The van der Waals surface area contributed by atoms with E-state index in [-0.39, 0.29) is 5.56 Å². The highest BCUT2D eigenvalue weighted by molar-refractivity contribution is 7.22. The van der Waals surface area contributed by atoms with Crippen molar-refractivity contribution < 1.29 is 9.90 Å². The van der Waals surface area contributed by atoms with Crippen molar-refractivity contribution in [2.45, 2.75) is 0 Å². The molecule has 0 unspecified atom stereocenters. The summed E-state index contributed by atoms with van der Waals surface area (Å²) in [6, 6.07) is 7.12. The van der Waals surface area contributed by atoms with E-state index in [2.05, 4.69) is 9.97 Å². The number of pyridine rings is 1. The normalized spacial score (nSPS) is 10.7. The lowest BCUT2D eigenvalue weighted by Crippen LogP contribution is -1.97. The van der Waals surface area contributed by atoms with Gasteiger partial charge < -0.3 is 10.8 Å². The fourth-order valence-electron chi connectivity index (χ4n) is 1.91. The van der Waals surface area contributed by atoms with E-state index in [1.54, 1.807) is 24.5 Å². The number of nitrogen functional groups attached to an aromatic ring is 1. The second-order valence-corrected chi connectivity index (χ2v) is 5.00. The molecule has 0 saturated carbocycles. The van der Waals surface area contributed by atoms with E-state index in [1.165, 1.54) is 11.3 Å². The highest BCUT2D eigenvalue weighted by atomic mass is 32.1. The third-order valence-electron chi connectivity index (χ3n) is 2.73. The van der Waals surface area contributed by atoms with Gasteiger partial charge in [0.15, 0.2) is 5.13 Å². The monoisotopic (exact) mass is 271 g/mol. The van der Waals surface area contributed by atoms with Crippen molar-refractivity contribution in [1.82, 2.24) is 9.97 Å². The summed E-state index contributed by atoms with van der Waals surface area (Å²) >= 11 is 1.18. The zero-order valence-electron chi connectivity index (χ0n) is 9.70. The number of carbonyl (C=O) groups is 1. The zero-order chi connectivity index (χ0) is 13.4. The number of benzene rings is 1. The molecule has 3 aromatic rings. The largest absolute Gasteiger partial charge is 0.478 e. The molecule has 0 bridgehead atoms. The van der Waals surface area contributed by atoms with Crippen LogP contribution in [0, 0.1) is 0 Å². The Morgan fingerprint density at radius 2 is 2.16 bits per heavy atom. The Bertz CT molecular complexity index is 768. The van der Waals surface area contributed by atoms with Gasteiger partial charge in [0.2, 0.25) is 0 Å². The van der Waals surface area contributed by atoms with Gasteiger partial charge >= 0.3 is 5.97 Å². The van der Waals surface area contributed by atoms with Crippen LogP contribution in [0.5, 0.6) is 0 Å². The highest BCUT2D eigenvalue weighted by Crippen LogP contribution is 2.32. The lowest BCUT2D eigenvalue weighted by molar-refractivity contribution is 0.0699. The second kappa shape index (κ2) is 4.33. The van der Waals surface area contributed by atoms with Crippen molar-refractivity contribution in [2.24, 2.45) is 0 Å². The van der Waals surface area contributed by atoms with Crippen LogP contribution in [-0.4, -0.2) is 21.0 Å². The van der Waals surface area contributed by atoms with E-state index in [0.717, 1.165) is 11.1 Å². The van der Waals surface area contributed by atoms with E-state index in [0.29, 0.717) is 15.3 Å². The van der Waals surface area contributed by atoms with Gasteiger partial charge in [-0.1, -0.05) is 17.4 Å². The third kappa shape index (κ3) is 2.02. The molecule has 6 heteroatoms. The number of fused-ring (bicyclic) bond motifs is 1. The fourth-order valence-corrected chi connectivity index (χ4v) is 2.73. The summed E-state index contributed by atoms with van der Waals surface area (Å²) in [5.74, 6) is -0.987. The minimum atomic E-state index is -0.987. The van der Waals surface area contributed by atoms with Crippen LogP contribution in [0.3, 0.4) is 0 Å². The molecule has 0 spiro atoms. The van der Waals surface area contributed by atoms with E-state index >= 15 is 0 Å². The summed E-state index contributed by atoms with van der Waals surface area (Å²) in [7, 11) is 0. The summed E-state index contributed by atoms with van der Waals surface area (Å²) < 4.78 is 0.595. The quantitative estimate of drug-likeness (QED) is 0.748. The number of carboxylic acids is 1. The predicted molar refractivity (Wildman–Crippen MR) is 74.2 cm³/mol. The standard InChI is InChI=1S/C13H9N3O2S/c14-13-16-10-5-8(7-2-1-3-15-6-7)4-9(12(17)18)11(10)19-13/h1-6H,(H2,14,16)(H,17,18). The highest BCUT2D eigenvalue weighted by Gasteiger charge is 2.15. The number of thiazole rings is 1. The number of hydrogen-bond donors (Lipinski definition) is 2.